The van der Waals surface area contributed by atoms with E-state index in [0.717, 1.165) is 30.5 Å². The predicted octanol–water partition coefficient (Wildman–Crippen LogP) is 3.40. The molecular weight excluding hydrogens is 481 g/mol. The summed E-state index contributed by atoms with van der Waals surface area (Å²) in [7, 11) is 0. The molecule has 2 aliphatic heterocycles. The number of aromatic nitrogens is 3. The summed E-state index contributed by atoms with van der Waals surface area (Å²) in [6.07, 6.45) is 6.31. The molecule has 4 heterocycles. The van der Waals surface area contributed by atoms with Crippen molar-refractivity contribution >= 4 is 51.8 Å². The average Bonchev–Trinajstić information content (AvgIpc) is 3.53. The van der Waals surface area contributed by atoms with Crippen molar-refractivity contribution in [3.63, 3.8) is 0 Å². The number of halogens is 2. The number of amides is 1. The number of carbonyl (C=O) groups excluding carboxylic acids is 1. The van der Waals surface area contributed by atoms with E-state index in [-0.39, 0.29) is 31.5 Å². The van der Waals surface area contributed by atoms with Crippen LogP contribution in [0.15, 0.2) is 36.9 Å². The Morgan fingerprint density at radius 3 is 2.85 bits per heavy atom. The van der Waals surface area contributed by atoms with Crippen LogP contribution in [0.5, 0.6) is 0 Å². The van der Waals surface area contributed by atoms with Crippen molar-refractivity contribution < 1.29 is 19.4 Å². The molecule has 2 fully saturated rings. The lowest BCUT2D eigenvalue weighted by Crippen LogP contribution is -2.49. The number of benzene rings is 1. The average molecular weight is 504 g/mol. The van der Waals surface area contributed by atoms with Gasteiger partial charge in [-0.05, 0) is 25.0 Å². The van der Waals surface area contributed by atoms with Crippen molar-refractivity contribution in [2.75, 3.05) is 31.1 Å². The van der Waals surface area contributed by atoms with Crippen LogP contribution in [-0.2, 0) is 14.3 Å². The van der Waals surface area contributed by atoms with Crippen molar-refractivity contribution in [3.05, 3.63) is 47.0 Å². The third-order valence-electron chi connectivity index (χ3n) is 6.40. The van der Waals surface area contributed by atoms with E-state index >= 15 is 0 Å². The van der Waals surface area contributed by atoms with Crippen molar-refractivity contribution in [1.82, 2.24) is 19.4 Å². The van der Waals surface area contributed by atoms with Gasteiger partial charge in [-0.1, -0.05) is 23.2 Å². The number of carbonyl (C=O) groups is 2. The van der Waals surface area contributed by atoms with Gasteiger partial charge in [-0.3, -0.25) is 4.79 Å². The fourth-order valence-electron chi connectivity index (χ4n) is 4.67. The molecule has 5 rings (SSSR count). The number of carboxylic acid groups (broad SMARTS) is 1. The molecular formula is C23H23Cl2N5O4. The number of aliphatic carboxylic acids is 1. The van der Waals surface area contributed by atoms with Crippen molar-refractivity contribution in [2.24, 2.45) is 0 Å². The molecule has 1 N–H and O–H groups in total. The number of fused-ring (bicyclic) bond motifs is 1. The highest BCUT2D eigenvalue weighted by atomic mass is 35.5. The summed E-state index contributed by atoms with van der Waals surface area (Å²) in [5.74, 6) is -0.424. The van der Waals surface area contributed by atoms with Crippen LogP contribution < -0.4 is 4.90 Å². The van der Waals surface area contributed by atoms with Crippen LogP contribution in [0.2, 0.25) is 10.0 Å². The van der Waals surface area contributed by atoms with Crippen molar-refractivity contribution in [1.29, 1.82) is 0 Å². The molecule has 11 heteroatoms. The Morgan fingerprint density at radius 2 is 2.09 bits per heavy atom. The molecule has 178 valence electrons. The molecule has 0 radical (unpaired) electrons. The lowest BCUT2D eigenvalue weighted by atomic mass is 10.1. The van der Waals surface area contributed by atoms with Crippen LogP contribution in [0, 0.1) is 0 Å². The van der Waals surface area contributed by atoms with Crippen molar-refractivity contribution in [2.45, 2.75) is 31.4 Å². The maximum absolute atomic E-state index is 13.0. The highest BCUT2D eigenvalue weighted by molar-refractivity contribution is 6.45. The number of pyridine rings is 1. The first kappa shape index (κ1) is 22.9. The minimum atomic E-state index is -1.05. The molecule has 2 atom stereocenters. The summed E-state index contributed by atoms with van der Waals surface area (Å²) in [5.41, 5.74) is 1.45. The highest BCUT2D eigenvalue weighted by Crippen LogP contribution is 2.36. The van der Waals surface area contributed by atoms with Gasteiger partial charge in [0.2, 0.25) is 5.91 Å². The van der Waals surface area contributed by atoms with Gasteiger partial charge in [0.15, 0.2) is 6.10 Å². The second-order valence-electron chi connectivity index (χ2n) is 8.46. The molecule has 1 aromatic carbocycles. The first-order valence-corrected chi connectivity index (χ1v) is 11.8. The third kappa shape index (κ3) is 4.31. The van der Waals surface area contributed by atoms with Gasteiger partial charge in [-0.15, -0.1) is 0 Å². The van der Waals surface area contributed by atoms with Crippen LogP contribution in [-0.4, -0.2) is 74.8 Å². The molecule has 0 saturated carbocycles. The number of ether oxygens (including phenoxy) is 1. The summed E-state index contributed by atoms with van der Waals surface area (Å²) in [4.78, 5) is 37.1. The quantitative estimate of drug-likeness (QED) is 0.569. The fraction of sp³-hybridized carbons (Fsp3) is 0.391. The van der Waals surface area contributed by atoms with Gasteiger partial charge in [0.05, 0.1) is 40.7 Å². The molecule has 2 aromatic heterocycles. The lowest BCUT2D eigenvalue weighted by Gasteiger charge is -2.33. The molecule has 9 nitrogen and oxygen atoms in total. The van der Waals surface area contributed by atoms with E-state index in [0.29, 0.717) is 27.9 Å². The number of anilines is 1. The van der Waals surface area contributed by atoms with Crippen LogP contribution >= 0.6 is 23.2 Å². The molecule has 1 amide bonds. The number of nitrogens with zero attached hydrogens (tertiary/aromatic N) is 5. The normalized spacial score (nSPS) is 20.8. The molecule has 1 unspecified atom stereocenters. The molecule has 34 heavy (non-hydrogen) atoms. The molecule has 0 aliphatic carbocycles. The zero-order chi connectivity index (χ0) is 23.8. The van der Waals surface area contributed by atoms with E-state index < -0.39 is 12.1 Å². The van der Waals surface area contributed by atoms with Gasteiger partial charge in [-0.2, -0.15) is 0 Å². The van der Waals surface area contributed by atoms with Gasteiger partial charge in [0, 0.05) is 49.4 Å². The summed E-state index contributed by atoms with van der Waals surface area (Å²) >= 11 is 12.8. The van der Waals surface area contributed by atoms with E-state index in [1.807, 2.05) is 22.9 Å². The number of carboxylic acids is 1. The Morgan fingerprint density at radius 1 is 1.24 bits per heavy atom. The van der Waals surface area contributed by atoms with Crippen LogP contribution in [0.3, 0.4) is 0 Å². The van der Waals surface area contributed by atoms with E-state index in [1.165, 1.54) is 0 Å². The molecule has 0 bridgehead atoms. The van der Waals surface area contributed by atoms with Gasteiger partial charge >= 0.3 is 5.97 Å². The predicted molar refractivity (Wildman–Crippen MR) is 128 cm³/mol. The second-order valence-corrected chi connectivity index (χ2v) is 9.24. The Labute approximate surface area is 205 Å². The van der Waals surface area contributed by atoms with Crippen LogP contribution in [0.1, 0.15) is 19.3 Å². The molecule has 2 saturated heterocycles. The lowest BCUT2D eigenvalue weighted by molar-refractivity contribution is -0.159. The minimum absolute atomic E-state index is 0.0582. The monoisotopic (exact) mass is 503 g/mol. The number of hydrogen-bond donors (Lipinski definition) is 1. The Balaban J connectivity index is 1.45. The SMILES string of the molecule is O=C(O)C1CN(C(=O)C[C@@H]2CCCN2c2cc(-n3ccnc3)c3ccc(Cl)c(Cl)c3n2)CCO1. The van der Waals surface area contributed by atoms with E-state index in [1.54, 1.807) is 23.5 Å². The number of morpholine rings is 1. The maximum Gasteiger partial charge on any atom is 0.334 e. The molecule has 0 spiro atoms. The van der Waals surface area contributed by atoms with Gasteiger partial charge < -0.3 is 24.2 Å². The zero-order valence-electron chi connectivity index (χ0n) is 18.2. The standard InChI is InChI=1S/C23H23Cl2N5O4/c24-16-4-3-15-17(29-7-5-26-13-29)11-19(27-22(15)21(16)25)30-6-1-2-14(30)10-20(31)28-8-9-34-18(12-28)23(32)33/h3-5,7,11,13-14,18H,1-2,6,8-10,12H2,(H,32,33)/t14-,18?/m0/s1. The topological polar surface area (TPSA) is 101 Å². The molecule has 3 aromatic rings. The summed E-state index contributed by atoms with van der Waals surface area (Å²) < 4.78 is 7.14. The van der Waals surface area contributed by atoms with Crippen LogP contribution in [0.4, 0.5) is 5.82 Å². The first-order valence-electron chi connectivity index (χ1n) is 11.1. The summed E-state index contributed by atoms with van der Waals surface area (Å²) in [6, 6.07) is 5.56. The number of imidazole rings is 1. The largest absolute Gasteiger partial charge is 0.479 e. The van der Waals surface area contributed by atoms with E-state index in [9.17, 15) is 14.7 Å². The maximum atomic E-state index is 13.0. The zero-order valence-corrected chi connectivity index (χ0v) is 19.7. The summed E-state index contributed by atoms with van der Waals surface area (Å²) in [5, 5.41) is 10.9. The van der Waals surface area contributed by atoms with Crippen molar-refractivity contribution in [3.8, 4) is 5.69 Å². The van der Waals surface area contributed by atoms with E-state index in [2.05, 4.69) is 9.88 Å². The smallest absolute Gasteiger partial charge is 0.334 e. The van der Waals surface area contributed by atoms with Gasteiger partial charge in [0.25, 0.3) is 0 Å². The Kier molecular flexibility index (Phi) is 6.33. The van der Waals surface area contributed by atoms with Gasteiger partial charge in [0.1, 0.15) is 5.82 Å². The fourth-order valence-corrected chi connectivity index (χ4v) is 5.03. The first-order chi connectivity index (χ1) is 16.4. The highest BCUT2D eigenvalue weighted by Gasteiger charge is 2.33. The van der Waals surface area contributed by atoms with Crippen LogP contribution in [0.25, 0.3) is 16.6 Å². The van der Waals surface area contributed by atoms with E-state index in [4.69, 9.17) is 32.9 Å². The summed E-state index contributed by atoms with van der Waals surface area (Å²) in [6.45, 7) is 1.42. The Bertz CT molecular complexity index is 1240. The second kappa shape index (κ2) is 9.40. The Hall–Kier alpha value is -2.88. The third-order valence-corrected chi connectivity index (χ3v) is 7.19. The minimum Gasteiger partial charge on any atom is -0.479 e. The van der Waals surface area contributed by atoms with Gasteiger partial charge in [-0.25, -0.2) is 14.8 Å². The number of hydrogen-bond acceptors (Lipinski definition) is 6. The number of rotatable bonds is 5. The molecule has 2 aliphatic rings.